The molecule has 128 valence electrons. The van der Waals surface area contributed by atoms with Gasteiger partial charge < -0.3 is 4.43 Å². The molecule has 0 spiro atoms. The van der Waals surface area contributed by atoms with Gasteiger partial charge in [-0.15, -0.1) is 0 Å². The quantitative estimate of drug-likeness (QED) is 0.186. The average Bonchev–Trinajstić information content (AvgIpc) is 2.33. The van der Waals surface area contributed by atoms with Crippen LogP contribution in [0.25, 0.3) is 0 Å². The van der Waals surface area contributed by atoms with E-state index in [0.29, 0.717) is 6.61 Å². The van der Waals surface area contributed by atoms with Gasteiger partial charge in [0.2, 0.25) is 8.32 Å². The largest absolute Gasteiger partial charge is 0.415 e. The van der Waals surface area contributed by atoms with E-state index < -0.39 is 16.6 Å². The zero-order valence-corrected chi connectivity index (χ0v) is 17.5. The van der Waals surface area contributed by atoms with Gasteiger partial charge in [-0.25, -0.2) is 4.89 Å². The van der Waals surface area contributed by atoms with Gasteiger partial charge in [-0.2, -0.15) is 0 Å². The summed E-state index contributed by atoms with van der Waals surface area (Å²) in [6, 6.07) is 0. The molecular weight excluding hydrogens is 296 g/mol. The first-order chi connectivity index (χ1) is 9.64. The van der Waals surface area contributed by atoms with Crippen LogP contribution in [0.3, 0.4) is 0 Å². The van der Waals surface area contributed by atoms with Crippen LogP contribution in [0.5, 0.6) is 0 Å². The summed E-state index contributed by atoms with van der Waals surface area (Å²) in [6.45, 7) is 16.0. The van der Waals surface area contributed by atoms with E-state index >= 15 is 0 Å². The van der Waals surface area contributed by atoms with E-state index in [0.717, 1.165) is 6.42 Å². The zero-order valence-electron chi connectivity index (χ0n) is 15.5. The third-order valence-corrected chi connectivity index (χ3v) is 4.65. The van der Waals surface area contributed by atoms with Crippen molar-refractivity contribution >= 4 is 16.6 Å². The summed E-state index contributed by atoms with van der Waals surface area (Å²) in [5, 5.41) is 0. The molecular formula is C16H38O3Si2. The molecule has 21 heavy (non-hydrogen) atoms. The van der Waals surface area contributed by atoms with Gasteiger partial charge in [0.05, 0.1) is 6.61 Å². The van der Waals surface area contributed by atoms with Crippen molar-refractivity contribution in [2.45, 2.75) is 97.3 Å². The van der Waals surface area contributed by atoms with Crippen molar-refractivity contribution in [1.82, 2.24) is 0 Å². The molecule has 0 radical (unpaired) electrons. The maximum atomic E-state index is 6.00. The zero-order chi connectivity index (χ0) is 16.4. The molecule has 5 heteroatoms. The Balaban J connectivity index is 4.00. The molecule has 0 rings (SSSR count). The molecule has 3 nitrogen and oxygen atoms in total. The average molecular weight is 335 g/mol. The first kappa shape index (κ1) is 21.3. The molecule has 0 aromatic rings. The smallest absolute Gasteiger partial charge is 0.230 e. The van der Waals surface area contributed by atoms with Crippen LogP contribution < -0.4 is 0 Å². The molecule has 0 saturated heterocycles. The van der Waals surface area contributed by atoms with Gasteiger partial charge >= 0.3 is 0 Å². The van der Waals surface area contributed by atoms with Crippen LogP contribution in [-0.2, 0) is 13.9 Å². The lowest BCUT2D eigenvalue weighted by Gasteiger charge is -2.25. The van der Waals surface area contributed by atoms with Crippen molar-refractivity contribution in [2.24, 2.45) is 0 Å². The Hall–Kier alpha value is 0.314. The van der Waals surface area contributed by atoms with Crippen molar-refractivity contribution in [3.05, 3.63) is 0 Å². The summed E-state index contributed by atoms with van der Waals surface area (Å²) in [6.07, 6.45) is 8.99. The van der Waals surface area contributed by atoms with Crippen LogP contribution in [-0.4, -0.2) is 29.3 Å². The fourth-order valence-electron chi connectivity index (χ4n) is 1.87. The third kappa shape index (κ3) is 16.5. The topological polar surface area (TPSA) is 27.7 Å². The third-order valence-electron chi connectivity index (χ3n) is 3.02. The minimum Gasteiger partial charge on any atom is -0.415 e. The summed E-state index contributed by atoms with van der Waals surface area (Å²) < 4.78 is 11.6. The highest BCUT2D eigenvalue weighted by Gasteiger charge is 2.22. The Morgan fingerprint density at radius 1 is 0.762 bits per heavy atom. The van der Waals surface area contributed by atoms with Crippen LogP contribution >= 0.6 is 0 Å². The second kappa shape index (κ2) is 10.9. The highest BCUT2D eigenvalue weighted by atomic mass is 28.4. The molecule has 0 aromatic carbocycles. The standard InChI is InChI=1S/C16H38O3Si2/c1-8-9-10-11-12-13-14-16(15-17-20(2,3)4)18-19-21(5,6)7/h16H,8-15H2,1-7H3. The van der Waals surface area contributed by atoms with Gasteiger partial charge in [0.1, 0.15) is 6.10 Å². The molecule has 0 saturated carbocycles. The molecule has 0 aliphatic carbocycles. The van der Waals surface area contributed by atoms with Gasteiger partial charge in [-0.1, -0.05) is 45.4 Å². The number of unbranched alkanes of at least 4 members (excludes halogenated alkanes) is 5. The molecule has 0 aromatic heterocycles. The van der Waals surface area contributed by atoms with Crippen LogP contribution in [0.2, 0.25) is 39.3 Å². The van der Waals surface area contributed by atoms with Gasteiger partial charge in [-0.3, -0.25) is 4.58 Å². The summed E-state index contributed by atoms with van der Waals surface area (Å²) in [7, 11) is -3.11. The van der Waals surface area contributed by atoms with Crippen molar-refractivity contribution < 1.29 is 13.9 Å². The Bertz CT molecular complexity index is 229. The molecule has 1 atom stereocenters. The second-order valence-electron chi connectivity index (χ2n) is 7.89. The van der Waals surface area contributed by atoms with Crippen molar-refractivity contribution in [3.8, 4) is 0 Å². The lowest BCUT2D eigenvalue weighted by Crippen LogP contribution is -2.34. The fourth-order valence-corrected chi connectivity index (χ4v) is 2.98. The van der Waals surface area contributed by atoms with Crippen LogP contribution in [0.4, 0.5) is 0 Å². The predicted molar refractivity (Wildman–Crippen MR) is 96.6 cm³/mol. The van der Waals surface area contributed by atoms with Gasteiger partial charge in [-0.05, 0) is 45.7 Å². The molecule has 0 fully saturated rings. The lowest BCUT2D eigenvalue weighted by atomic mass is 10.1. The maximum Gasteiger partial charge on any atom is 0.230 e. The number of rotatable bonds is 13. The Kier molecular flexibility index (Phi) is 11.1. The van der Waals surface area contributed by atoms with E-state index in [9.17, 15) is 0 Å². The van der Waals surface area contributed by atoms with E-state index in [4.69, 9.17) is 13.9 Å². The molecule has 1 unspecified atom stereocenters. The maximum absolute atomic E-state index is 6.00. The monoisotopic (exact) mass is 334 g/mol. The van der Waals surface area contributed by atoms with E-state index in [1.54, 1.807) is 0 Å². The van der Waals surface area contributed by atoms with E-state index in [1.165, 1.54) is 38.5 Å². The summed E-state index contributed by atoms with van der Waals surface area (Å²) in [5.74, 6) is 0. The SMILES string of the molecule is CCCCCCCCC(CO[Si](C)(C)C)OO[Si](C)(C)C. The lowest BCUT2D eigenvalue weighted by molar-refractivity contribution is -0.262. The van der Waals surface area contributed by atoms with Crippen molar-refractivity contribution in [3.63, 3.8) is 0 Å². The van der Waals surface area contributed by atoms with Gasteiger partial charge in [0.15, 0.2) is 8.32 Å². The van der Waals surface area contributed by atoms with Gasteiger partial charge in [0.25, 0.3) is 0 Å². The Morgan fingerprint density at radius 2 is 1.33 bits per heavy atom. The molecule has 0 N–H and O–H groups in total. The fraction of sp³-hybridized carbons (Fsp3) is 1.00. The second-order valence-corrected chi connectivity index (χ2v) is 16.8. The van der Waals surface area contributed by atoms with E-state index in [-0.39, 0.29) is 6.10 Å². The minimum atomic E-state index is -1.63. The van der Waals surface area contributed by atoms with Gasteiger partial charge in [0, 0.05) is 0 Å². The molecule has 0 amide bonds. The number of hydrogen-bond donors (Lipinski definition) is 0. The predicted octanol–water partition coefficient (Wildman–Crippen LogP) is 5.74. The Labute approximate surface area is 134 Å². The molecule has 0 bridgehead atoms. The highest BCUT2D eigenvalue weighted by Crippen LogP contribution is 2.15. The highest BCUT2D eigenvalue weighted by molar-refractivity contribution is 6.70. The van der Waals surface area contributed by atoms with Crippen LogP contribution in [0.15, 0.2) is 0 Å². The molecule has 0 heterocycles. The Morgan fingerprint density at radius 3 is 1.86 bits per heavy atom. The first-order valence-corrected chi connectivity index (χ1v) is 15.4. The van der Waals surface area contributed by atoms with Crippen molar-refractivity contribution in [1.29, 1.82) is 0 Å². The summed E-state index contributed by atoms with van der Waals surface area (Å²) in [4.78, 5) is 5.69. The summed E-state index contributed by atoms with van der Waals surface area (Å²) in [5.41, 5.74) is 0. The van der Waals surface area contributed by atoms with Crippen LogP contribution in [0, 0.1) is 0 Å². The molecule has 0 aliphatic rings. The van der Waals surface area contributed by atoms with Crippen molar-refractivity contribution in [2.75, 3.05) is 6.61 Å². The van der Waals surface area contributed by atoms with Crippen LogP contribution in [0.1, 0.15) is 51.9 Å². The first-order valence-electron chi connectivity index (χ1n) is 8.62. The molecule has 0 aliphatic heterocycles. The van der Waals surface area contributed by atoms with E-state index in [2.05, 4.69) is 46.2 Å². The number of hydrogen-bond acceptors (Lipinski definition) is 3. The van der Waals surface area contributed by atoms with E-state index in [1.807, 2.05) is 0 Å². The summed E-state index contributed by atoms with van der Waals surface area (Å²) >= 11 is 0. The normalized spacial score (nSPS) is 14.4. The minimum absolute atomic E-state index is 0.0922.